The summed E-state index contributed by atoms with van der Waals surface area (Å²) in [6, 6.07) is 12.9. The van der Waals surface area contributed by atoms with E-state index in [-0.39, 0.29) is 11.3 Å². The van der Waals surface area contributed by atoms with Crippen molar-refractivity contribution in [1.29, 1.82) is 0 Å². The lowest BCUT2D eigenvalue weighted by molar-refractivity contribution is -0.0672. The summed E-state index contributed by atoms with van der Waals surface area (Å²) in [5.41, 5.74) is 4.40. The Kier molecular flexibility index (Phi) is 3.60. The smallest absolute Gasteiger partial charge is 0.272 e. The molecule has 3 saturated carbocycles. The molecular formula is C27H30N2O2. The number of benzene rings is 1. The van der Waals surface area contributed by atoms with Crippen molar-refractivity contribution in [2.75, 3.05) is 13.7 Å². The van der Waals surface area contributed by atoms with Crippen molar-refractivity contribution in [3.05, 3.63) is 59.4 Å². The Morgan fingerprint density at radius 1 is 1.19 bits per heavy atom. The predicted octanol–water partition coefficient (Wildman–Crippen LogP) is 4.63. The molecule has 1 aliphatic heterocycles. The van der Waals surface area contributed by atoms with Gasteiger partial charge in [-0.1, -0.05) is 18.6 Å². The number of pyridine rings is 1. The van der Waals surface area contributed by atoms with Crippen LogP contribution in [0.2, 0.25) is 0 Å². The normalized spacial score (nSPS) is 39.1. The van der Waals surface area contributed by atoms with E-state index in [4.69, 9.17) is 4.74 Å². The number of hydrogen-bond acceptors (Lipinski definition) is 3. The zero-order valence-electron chi connectivity index (χ0n) is 18.2. The molecule has 5 unspecified atom stereocenters. The van der Waals surface area contributed by atoms with Gasteiger partial charge in [-0.15, -0.1) is 0 Å². The molecule has 4 bridgehead atoms. The number of carbonyl (C=O) groups is 1. The van der Waals surface area contributed by atoms with Crippen molar-refractivity contribution in [3.63, 3.8) is 0 Å². The fourth-order valence-electron chi connectivity index (χ4n) is 9.33. The van der Waals surface area contributed by atoms with Crippen LogP contribution >= 0.6 is 0 Å². The molecule has 5 aliphatic rings. The zero-order valence-corrected chi connectivity index (χ0v) is 18.2. The highest BCUT2D eigenvalue weighted by Crippen LogP contribution is 2.77. The highest BCUT2D eigenvalue weighted by molar-refractivity contribution is 5.92. The predicted molar refractivity (Wildman–Crippen MR) is 118 cm³/mol. The van der Waals surface area contributed by atoms with Gasteiger partial charge in [0.1, 0.15) is 11.4 Å². The van der Waals surface area contributed by atoms with Crippen LogP contribution in [0.25, 0.3) is 0 Å². The molecule has 1 aromatic carbocycles. The quantitative estimate of drug-likeness (QED) is 0.720. The topological polar surface area (TPSA) is 42.4 Å². The van der Waals surface area contributed by atoms with E-state index >= 15 is 0 Å². The average Bonchev–Trinajstić information content (AvgIpc) is 3.25. The molecule has 4 aliphatic carbocycles. The minimum Gasteiger partial charge on any atom is -0.497 e. The molecule has 4 heteroatoms. The first kappa shape index (κ1) is 18.2. The number of amides is 1. The van der Waals surface area contributed by atoms with E-state index in [0.717, 1.165) is 24.6 Å². The summed E-state index contributed by atoms with van der Waals surface area (Å²) >= 11 is 0. The SMILES string of the molecule is COc1ccc2c(c1)C13CCCC(C2)C12CCC1C3[C@@H](CN1C(=O)c1ccccn1)C2. The van der Waals surface area contributed by atoms with Gasteiger partial charge in [-0.2, -0.15) is 0 Å². The van der Waals surface area contributed by atoms with Gasteiger partial charge in [0.15, 0.2) is 0 Å². The van der Waals surface area contributed by atoms with Gasteiger partial charge in [0.25, 0.3) is 5.91 Å². The molecule has 2 aromatic rings. The average molecular weight is 415 g/mol. The van der Waals surface area contributed by atoms with Crippen LogP contribution in [0.15, 0.2) is 42.6 Å². The van der Waals surface area contributed by atoms with E-state index in [0.29, 0.717) is 29.0 Å². The summed E-state index contributed by atoms with van der Waals surface area (Å²) in [6.07, 6.45) is 10.7. The standard InChI is InChI=1S/C27H30N2O2/c1-31-20-8-7-17-13-19-5-4-10-27(21(17)14-20)24-18-15-26(19,27)11-9-23(24)29(16-18)25(30)22-6-2-3-12-28-22/h2-3,6-8,12,14,18-19,23-24H,4-5,9-11,13,15-16H2,1H3/t18-,19?,23?,24?,26?,27?/m1/s1. The van der Waals surface area contributed by atoms with Gasteiger partial charge >= 0.3 is 0 Å². The van der Waals surface area contributed by atoms with Crippen LogP contribution in [-0.4, -0.2) is 35.5 Å². The van der Waals surface area contributed by atoms with Crippen molar-refractivity contribution in [2.24, 2.45) is 23.2 Å². The Hall–Kier alpha value is -2.36. The number of rotatable bonds is 2. The third-order valence-electron chi connectivity index (χ3n) is 10.0. The molecule has 4 fully saturated rings. The maximum absolute atomic E-state index is 13.5. The molecular weight excluding hydrogens is 384 g/mol. The van der Waals surface area contributed by atoms with Crippen LogP contribution in [0.4, 0.5) is 0 Å². The maximum Gasteiger partial charge on any atom is 0.272 e. The zero-order chi connectivity index (χ0) is 20.8. The molecule has 0 N–H and O–H groups in total. The van der Waals surface area contributed by atoms with Gasteiger partial charge in [0.05, 0.1) is 7.11 Å². The minimum absolute atomic E-state index is 0.137. The Morgan fingerprint density at radius 3 is 2.97 bits per heavy atom. The summed E-state index contributed by atoms with van der Waals surface area (Å²) in [4.78, 5) is 20.1. The number of likely N-dealkylation sites (tertiary alicyclic amines) is 1. The number of ether oxygens (including phenoxy) is 1. The fraction of sp³-hybridized carbons (Fsp3) is 0.556. The van der Waals surface area contributed by atoms with E-state index in [9.17, 15) is 4.79 Å². The molecule has 1 amide bonds. The van der Waals surface area contributed by atoms with Crippen LogP contribution in [0.1, 0.15) is 60.1 Å². The van der Waals surface area contributed by atoms with Crippen LogP contribution in [-0.2, 0) is 11.8 Å². The second kappa shape index (κ2) is 6.11. The molecule has 7 rings (SSSR count). The number of hydrogen-bond donors (Lipinski definition) is 0. The van der Waals surface area contributed by atoms with Gasteiger partial charge < -0.3 is 9.64 Å². The third-order valence-corrected chi connectivity index (χ3v) is 10.0. The second-order valence-corrected chi connectivity index (χ2v) is 10.7. The first-order chi connectivity index (χ1) is 15.2. The Labute approximate surface area is 184 Å². The third kappa shape index (κ3) is 2.07. The van der Waals surface area contributed by atoms with E-state index in [1.807, 2.05) is 18.2 Å². The molecule has 0 radical (unpaired) electrons. The maximum atomic E-state index is 13.5. The van der Waals surface area contributed by atoms with E-state index < -0.39 is 0 Å². The van der Waals surface area contributed by atoms with Crippen molar-refractivity contribution in [1.82, 2.24) is 9.88 Å². The number of fused-ring (bicyclic) bond motifs is 1. The molecule has 31 heavy (non-hydrogen) atoms. The van der Waals surface area contributed by atoms with Gasteiger partial charge in [-0.05, 0) is 97.1 Å². The summed E-state index contributed by atoms with van der Waals surface area (Å²) in [5, 5.41) is 0. The molecule has 4 nitrogen and oxygen atoms in total. The number of aromatic nitrogens is 1. The Morgan fingerprint density at radius 2 is 2.13 bits per heavy atom. The van der Waals surface area contributed by atoms with Crippen molar-refractivity contribution in [2.45, 2.75) is 56.4 Å². The van der Waals surface area contributed by atoms with E-state index in [1.165, 1.54) is 38.5 Å². The van der Waals surface area contributed by atoms with Crippen molar-refractivity contribution in [3.8, 4) is 5.75 Å². The van der Waals surface area contributed by atoms with Crippen LogP contribution < -0.4 is 4.74 Å². The molecule has 160 valence electrons. The van der Waals surface area contributed by atoms with E-state index in [1.54, 1.807) is 24.4 Å². The highest BCUT2D eigenvalue weighted by Gasteiger charge is 2.75. The monoisotopic (exact) mass is 414 g/mol. The van der Waals surface area contributed by atoms with Gasteiger partial charge in [0.2, 0.25) is 0 Å². The first-order valence-electron chi connectivity index (χ1n) is 12.1. The molecule has 0 spiro atoms. The van der Waals surface area contributed by atoms with Crippen LogP contribution in [0, 0.1) is 23.2 Å². The molecule has 2 heterocycles. The lowest BCUT2D eigenvalue weighted by atomic mass is 9.41. The van der Waals surface area contributed by atoms with Gasteiger partial charge in [0, 0.05) is 24.2 Å². The summed E-state index contributed by atoms with van der Waals surface area (Å²) < 4.78 is 5.70. The van der Waals surface area contributed by atoms with Gasteiger partial charge in [-0.3, -0.25) is 9.78 Å². The Balaban J connectivity index is 1.37. The number of nitrogens with zero attached hydrogens (tertiary/aromatic N) is 2. The number of methoxy groups -OCH3 is 1. The largest absolute Gasteiger partial charge is 0.497 e. The fourth-order valence-corrected chi connectivity index (χ4v) is 9.33. The van der Waals surface area contributed by atoms with Gasteiger partial charge in [-0.25, -0.2) is 0 Å². The first-order valence-corrected chi connectivity index (χ1v) is 12.1. The van der Waals surface area contributed by atoms with Crippen molar-refractivity contribution < 1.29 is 9.53 Å². The molecule has 1 saturated heterocycles. The molecule has 1 aromatic heterocycles. The van der Waals surface area contributed by atoms with Crippen LogP contribution in [0.3, 0.4) is 0 Å². The Bertz CT molecular complexity index is 1070. The highest BCUT2D eigenvalue weighted by atomic mass is 16.5. The second-order valence-electron chi connectivity index (χ2n) is 10.7. The lowest BCUT2D eigenvalue weighted by Gasteiger charge is -2.64. The van der Waals surface area contributed by atoms with Crippen LogP contribution in [0.5, 0.6) is 5.75 Å². The van der Waals surface area contributed by atoms with E-state index in [2.05, 4.69) is 28.1 Å². The summed E-state index contributed by atoms with van der Waals surface area (Å²) in [7, 11) is 1.79. The minimum atomic E-state index is 0.137. The summed E-state index contributed by atoms with van der Waals surface area (Å²) in [6.45, 7) is 0.917. The summed E-state index contributed by atoms with van der Waals surface area (Å²) in [5.74, 6) is 3.15. The number of carbonyl (C=O) groups excluding carboxylic acids is 1. The van der Waals surface area contributed by atoms with Crippen molar-refractivity contribution >= 4 is 5.91 Å². The molecule has 6 atom stereocenters. The lowest BCUT2D eigenvalue weighted by Crippen LogP contribution is -2.62.